The van der Waals surface area contributed by atoms with Crippen LogP contribution in [0.4, 0.5) is 13.2 Å². The van der Waals surface area contributed by atoms with Gasteiger partial charge in [0.1, 0.15) is 24.0 Å². The summed E-state index contributed by atoms with van der Waals surface area (Å²) < 4.78 is 59.9. The first-order valence-corrected chi connectivity index (χ1v) is 17.6. The highest BCUT2D eigenvalue weighted by Gasteiger charge is 2.50. The van der Waals surface area contributed by atoms with Crippen molar-refractivity contribution in [1.29, 1.82) is 0 Å². The lowest BCUT2D eigenvalue weighted by atomic mass is 9.85. The summed E-state index contributed by atoms with van der Waals surface area (Å²) in [5, 5.41) is 2.90. The largest absolute Gasteiger partial charge is 0.399 e. The molecule has 16 heteroatoms. The number of thiophene rings is 1. The van der Waals surface area contributed by atoms with Crippen molar-refractivity contribution < 1.29 is 46.6 Å². The molecule has 3 heterocycles. The van der Waals surface area contributed by atoms with Crippen molar-refractivity contribution in [3.8, 4) is 0 Å². The van der Waals surface area contributed by atoms with E-state index in [0.29, 0.717) is 36.2 Å². The first-order valence-electron chi connectivity index (χ1n) is 14.8. The van der Waals surface area contributed by atoms with E-state index in [4.69, 9.17) is 26.1 Å². The molecule has 5 rings (SSSR count). The Morgan fingerprint density at radius 2 is 1.83 bits per heavy atom. The lowest BCUT2D eigenvalue weighted by molar-refractivity contribution is -0.150. The number of nitrogens with zero attached hydrogens (tertiary/aromatic N) is 2. The summed E-state index contributed by atoms with van der Waals surface area (Å²) in [7, 11) is -5.78. The molecular weight excluding hydrogens is 682 g/mol. The summed E-state index contributed by atoms with van der Waals surface area (Å²) in [6.45, 7) is 6.33. The molecule has 1 aromatic heterocycles. The van der Waals surface area contributed by atoms with E-state index in [-0.39, 0.29) is 34.3 Å². The molecule has 0 bridgehead atoms. The number of morpholine rings is 1. The zero-order valence-corrected chi connectivity index (χ0v) is 28.2. The van der Waals surface area contributed by atoms with Gasteiger partial charge in [0.2, 0.25) is 11.8 Å². The summed E-state index contributed by atoms with van der Waals surface area (Å²) in [6.07, 6.45) is 0.475. The van der Waals surface area contributed by atoms with Gasteiger partial charge in [-0.1, -0.05) is 44.5 Å². The van der Waals surface area contributed by atoms with E-state index in [2.05, 4.69) is 5.32 Å². The SMILES string of the molecule is CC(C)(C)[C@H](NC(=O)c1cc2cc(C(F)(F)P(=O)(O)O)ccc2s1)C(=O)N1CCC[C@H]1C(=O)N1CCOC(c2ccc(F)c(Cl)c2)C1. The molecule has 2 saturated heterocycles. The Morgan fingerprint density at radius 3 is 2.49 bits per heavy atom. The number of fused-ring (bicyclic) bond motifs is 1. The van der Waals surface area contributed by atoms with Crippen LogP contribution in [0, 0.1) is 11.2 Å². The standard InChI is InChI=1S/C31H34ClF3N3O7PS/c1-30(2,3)26(36-27(39)25-15-18-13-19(7-9-24(18)47-25)31(34,35)46(42,43)44)29(41)38-10-4-5-22(38)28(40)37-11-12-45-23(16-37)17-6-8-21(33)20(32)14-17/h6-9,13-15,22-23,26H,4-5,10-12,16H2,1-3H3,(H,36,39)(H2,42,43,44)/t22-,23?,26+/m0/s1. The molecule has 2 fully saturated rings. The van der Waals surface area contributed by atoms with E-state index in [1.807, 2.05) is 0 Å². The average Bonchev–Trinajstić information content (AvgIpc) is 3.67. The molecule has 3 amide bonds. The Balaban J connectivity index is 1.32. The van der Waals surface area contributed by atoms with Gasteiger partial charge in [-0.3, -0.25) is 18.9 Å². The molecule has 0 spiro atoms. The molecule has 2 aliphatic heterocycles. The van der Waals surface area contributed by atoms with Crippen molar-refractivity contribution in [3.63, 3.8) is 0 Å². The predicted molar refractivity (Wildman–Crippen MR) is 170 cm³/mol. The molecule has 3 atom stereocenters. The number of ether oxygens (including phenoxy) is 1. The zero-order chi connectivity index (χ0) is 34.5. The molecule has 10 nitrogen and oxygen atoms in total. The number of carbonyl (C=O) groups excluding carboxylic acids is 3. The number of benzene rings is 2. The first-order chi connectivity index (χ1) is 21.9. The minimum atomic E-state index is -5.78. The number of hydrogen-bond acceptors (Lipinski definition) is 6. The number of halogens is 4. The minimum absolute atomic E-state index is 0.0563. The predicted octanol–water partition coefficient (Wildman–Crippen LogP) is 5.66. The summed E-state index contributed by atoms with van der Waals surface area (Å²) in [5.74, 6) is -1.91. The van der Waals surface area contributed by atoms with Crippen molar-refractivity contribution in [2.24, 2.45) is 5.41 Å². The number of alkyl halides is 2. The van der Waals surface area contributed by atoms with Crippen molar-refractivity contribution >= 4 is 58.3 Å². The Bertz CT molecular complexity index is 1760. The molecule has 47 heavy (non-hydrogen) atoms. The zero-order valence-electron chi connectivity index (χ0n) is 25.7. The number of likely N-dealkylation sites (tertiary alicyclic amines) is 1. The van der Waals surface area contributed by atoms with Gasteiger partial charge in [-0.25, -0.2) is 4.39 Å². The summed E-state index contributed by atoms with van der Waals surface area (Å²) in [6, 6.07) is 6.83. The highest BCUT2D eigenvalue weighted by atomic mass is 35.5. The second kappa shape index (κ2) is 13.1. The summed E-state index contributed by atoms with van der Waals surface area (Å²) in [5.41, 5.74) is -5.46. The molecule has 3 aromatic rings. The van der Waals surface area contributed by atoms with Crippen LogP contribution < -0.4 is 5.32 Å². The normalized spacial score (nSPS) is 20.0. The number of rotatable bonds is 7. The van der Waals surface area contributed by atoms with Crippen LogP contribution in [0.25, 0.3) is 10.1 Å². The Morgan fingerprint density at radius 1 is 1.11 bits per heavy atom. The quantitative estimate of drug-likeness (QED) is 0.269. The molecule has 2 aromatic carbocycles. The molecule has 1 unspecified atom stereocenters. The van der Waals surface area contributed by atoms with Crippen LogP contribution >= 0.6 is 30.5 Å². The summed E-state index contributed by atoms with van der Waals surface area (Å²) >= 11 is 6.93. The van der Waals surface area contributed by atoms with Crippen LogP contribution in [0.1, 0.15) is 60.5 Å². The fourth-order valence-corrected chi connectivity index (χ4v) is 7.40. The summed E-state index contributed by atoms with van der Waals surface area (Å²) in [4.78, 5) is 62.7. The smallest absolute Gasteiger partial charge is 0.370 e. The number of nitrogens with one attached hydrogen (secondary N) is 1. The fourth-order valence-electron chi connectivity index (χ4n) is 5.79. The maximum absolute atomic E-state index is 14.3. The molecule has 254 valence electrons. The third-order valence-electron chi connectivity index (χ3n) is 8.36. The van der Waals surface area contributed by atoms with Crippen molar-refractivity contribution in [2.75, 3.05) is 26.2 Å². The Hall–Kier alpha value is -3.00. The highest BCUT2D eigenvalue weighted by Crippen LogP contribution is 2.59. The molecular formula is C31H34ClF3N3O7PS. The second-order valence-corrected chi connectivity index (χ2v) is 15.9. The minimum Gasteiger partial charge on any atom is -0.370 e. The van der Waals surface area contributed by atoms with Crippen LogP contribution in [0.2, 0.25) is 5.02 Å². The van der Waals surface area contributed by atoms with E-state index in [0.717, 1.165) is 23.5 Å². The van der Waals surface area contributed by atoms with Crippen molar-refractivity contribution in [1.82, 2.24) is 15.1 Å². The molecule has 3 N–H and O–H groups in total. The van der Waals surface area contributed by atoms with E-state index in [9.17, 15) is 32.1 Å². The molecule has 0 radical (unpaired) electrons. The van der Waals surface area contributed by atoms with Crippen LogP contribution in [-0.2, 0) is 24.6 Å². The Kier molecular flexibility index (Phi) is 9.87. The molecule has 0 aliphatic carbocycles. The van der Waals surface area contributed by atoms with Gasteiger partial charge >= 0.3 is 13.3 Å². The monoisotopic (exact) mass is 715 g/mol. The molecule has 0 saturated carbocycles. The fraction of sp³-hybridized carbons (Fsp3) is 0.452. The van der Waals surface area contributed by atoms with E-state index < -0.39 is 60.1 Å². The van der Waals surface area contributed by atoms with Gasteiger partial charge in [0.25, 0.3) is 5.91 Å². The third-order valence-corrected chi connectivity index (χ3v) is 10.8. The Labute approximate surface area is 278 Å². The number of hydrogen-bond donors (Lipinski definition) is 3. The topological polar surface area (TPSA) is 136 Å². The number of amides is 3. The van der Waals surface area contributed by atoms with Crippen LogP contribution in [0.3, 0.4) is 0 Å². The van der Waals surface area contributed by atoms with Gasteiger partial charge in [0.15, 0.2) is 0 Å². The average molecular weight is 716 g/mol. The van der Waals surface area contributed by atoms with Crippen molar-refractivity contribution in [2.45, 2.75) is 57.5 Å². The third kappa shape index (κ3) is 7.23. The maximum Gasteiger partial charge on any atom is 0.399 e. The van der Waals surface area contributed by atoms with E-state index >= 15 is 0 Å². The highest BCUT2D eigenvalue weighted by molar-refractivity contribution is 7.52. The van der Waals surface area contributed by atoms with Crippen LogP contribution in [0.5, 0.6) is 0 Å². The number of carbonyl (C=O) groups is 3. The van der Waals surface area contributed by atoms with Gasteiger partial charge in [-0.05, 0) is 59.5 Å². The van der Waals surface area contributed by atoms with Gasteiger partial charge in [0.05, 0.1) is 23.1 Å². The lowest BCUT2D eigenvalue weighted by Crippen LogP contribution is -2.58. The van der Waals surface area contributed by atoms with Gasteiger partial charge in [0, 0.05) is 23.4 Å². The lowest BCUT2D eigenvalue weighted by Gasteiger charge is -2.38. The molecule has 2 aliphatic rings. The van der Waals surface area contributed by atoms with E-state index in [1.165, 1.54) is 29.2 Å². The van der Waals surface area contributed by atoms with Gasteiger partial charge in [-0.15, -0.1) is 11.3 Å². The second-order valence-electron chi connectivity index (χ2n) is 12.7. The van der Waals surface area contributed by atoms with E-state index in [1.54, 1.807) is 31.7 Å². The van der Waals surface area contributed by atoms with Crippen LogP contribution in [0.15, 0.2) is 42.5 Å². The van der Waals surface area contributed by atoms with Crippen LogP contribution in [-0.4, -0.2) is 75.6 Å². The first kappa shape index (κ1) is 35.3. The van der Waals surface area contributed by atoms with Gasteiger partial charge < -0.3 is 29.6 Å². The maximum atomic E-state index is 14.3. The van der Waals surface area contributed by atoms with Gasteiger partial charge in [-0.2, -0.15) is 8.78 Å². The van der Waals surface area contributed by atoms with Crippen molar-refractivity contribution in [3.05, 3.63) is 69.3 Å².